The van der Waals surface area contributed by atoms with E-state index in [1.807, 2.05) is 6.92 Å². The summed E-state index contributed by atoms with van der Waals surface area (Å²) in [7, 11) is 0. The summed E-state index contributed by atoms with van der Waals surface area (Å²) >= 11 is 6.02. The molecule has 0 aromatic carbocycles. The van der Waals surface area contributed by atoms with E-state index in [-0.39, 0.29) is 5.78 Å². The van der Waals surface area contributed by atoms with Gasteiger partial charge in [0, 0.05) is 12.7 Å². The van der Waals surface area contributed by atoms with Gasteiger partial charge in [0.1, 0.15) is 17.2 Å². The fourth-order valence-electron chi connectivity index (χ4n) is 1.67. The van der Waals surface area contributed by atoms with Crippen molar-refractivity contribution in [3.05, 3.63) is 40.7 Å². The van der Waals surface area contributed by atoms with Crippen molar-refractivity contribution in [1.82, 2.24) is 19.7 Å². The zero-order chi connectivity index (χ0) is 13.1. The molecular weight excluding hydrogens is 252 g/mol. The maximum absolute atomic E-state index is 12.3. The Kier molecular flexibility index (Phi) is 3.72. The number of rotatable bonds is 4. The van der Waals surface area contributed by atoms with Crippen LogP contribution in [0.5, 0.6) is 0 Å². The molecule has 0 atom stereocenters. The summed E-state index contributed by atoms with van der Waals surface area (Å²) in [6.07, 6.45) is 3.92. The van der Waals surface area contributed by atoms with E-state index >= 15 is 0 Å². The van der Waals surface area contributed by atoms with Crippen molar-refractivity contribution in [3.63, 3.8) is 0 Å². The highest BCUT2D eigenvalue weighted by Gasteiger charge is 2.20. The van der Waals surface area contributed by atoms with Gasteiger partial charge < -0.3 is 0 Å². The lowest BCUT2D eigenvalue weighted by molar-refractivity contribution is 0.102. The third kappa shape index (κ3) is 2.41. The fraction of sp³-hybridized carbons (Fsp3) is 0.333. The molecule has 6 heteroatoms. The van der Waals surface area contributed by atoms with Crippen molar-refractivity contribution in [1.29, 1.82) is 0 Å². The highest BCUT2D eigenvalue weighted by molar-refractivity contribution is 6.34. The summed E-state index contributed by atoms with van der Waals surface area (Å²) in [6.45, 7) is 4.40. The second kappa shape index (κ2) is 5.27. The molecule has 0 radical (unpaired) electrons. The Balaban J connectivity index is 2.42. The SMILES string of the molecule is CCCn1ncc(Cl)c1C(=O)c1ccnc(C)n1. The van der Waals surface area contributed by atoms with Gasteiger partial charge in [0.05, 0.1) is 11.2 Å². The Morgan fingerprint density at radius 1 is 1.50 bits per heavy atom. The van der Waals surface area contributed by atoms with Crippen LogP contribution in [0.3, 0.4) is 0 Å². The Hall–Kier alpha value is -1.75. The molecule has 2 aromatic heterocycles. The monoisotopic (exact) mass is 264 g/mol. The summed E-state index contributed by atoms with van der Waals surface area (Å²) in [5.41, 5.74) is 0.721. The number of aromatic nitrogens is 4. The molecule has 2 heterocycles. The van der Waals surface area contributed by atoms with Crippen molar-refractivity contribution >= 4 is 17.4 Å². The first-order chi connectivity index (χ1) is 8.63. The van der Waals surface area contributed by atoms with Crippen LogP contribution in [-0.4, -0.2) is 25.5 Å². The van der Waals surface area contributed by atoms with Gasteiger partial charge >= 0.3 is 0 Å². The predicted octanol–water partition coefficient (Wildman–Crippen LogP) is 2.28. The number of carbonyl (C=O) groups excluding carboxylic acids is 1. The van der Waals surface area contributed by atoms with Crippen LogP contribution in [-0.2, 0) is 6.54 Å². The first-order valence-corrected chi connectivity index (χ1v) is 6.07. The standard InChI is InChI=1S/C12H13ClN4O/c1-3-6-17-11(9(13)7-15-17)12(18)10-4-5-14-8(2)16-10/h4-5,7H,3,6H2,1-2H3. The van der Waals surface area contributed by atoms with Crippen LogP contribution in [0.25, 0.3) is 0 Å². The molecule has 0 aliphatic heterocycles. The van der Waals surface area contributed by atoms with Crippen molar-refractivity contribution in [2.45, 2.75) is 26.8 Å². The number of ketones is 1. The maximum Gasteiger partial charge on any atom is 0.230 e. The maximum atomic E-state index is 12.3. The molecule has 0 fully saturated rings. The van der Waals surface area contributed by atoms with Gasteiger partial charge in [0.15, 0.2) is 0 Å². The van der Waals surface area contributed by atoms with Crippen molar-refractivity contribution in [3.8, 4) is 0 Å². The molecule has 0 aliphatic carbocycles. The average Bonchev–Trinajstić information content (AvgIpc) is 2.70. The number of carbonyl (C=O) groups is 1. The van der Waals surface area contributed by atoms with E-state index in [9.17, 15) is 4.79 Å². The zero-order valence-corrected chi connectivity index (χ0v) is 11.0. The summed E-state index contributed by atoms with van der Waals surface area (Å²) in [4.78, 5) is 20.4. The van der Waals surface area contributed by atoms with Gasteiger partial charge in [-0.2, -0.15) is 5.10 Å². The van der Waals surface area contributed by atoms with Crippen LogP contribution < -0.4 is 0 Å². The van der Waals surface area contributed by atoms with E-state index in [2.05, 4.69) is 15.1 Å². The van der Waals surface area contributed by atoms with Gasteiger partial charge in [-0.3, -0.25) is 9.48 Å². The quantitative estimate of drug-likeness (QED) is 0.795. The van der Waals surface area contributed by atoms with Crippen LogP contribution in [0, 0.1) is 6.92 Å². The highest BCUT2D eigenvalue weighted by Crippen LogP contribution is 2.18. The summed E-state index contributed by atoms with van der Waals surface area (Å²) in [5, 5.41) is 4.45. The lowest BCUT2D eigenvalue weighted by Crippen LogP contribution is -2.13. The summed E-state index contributed by atoms with van der Waals surface area (Å²) < 4.78 is 1.61. The third-order valence-corrected chi connectivity index (χ3v) is 2.73. The fourth-order valence-corrected chi connectivity index (χ4v) is 1.90. The van der Waals surface area contributed by atoms with Gasteiger partial charge in [0.25, 0.3) is 0 Å². The highest BCUT2D eigenvalue weighted by atomic mass is 35.5. The van der Waals surface area contributed by atoms with E-state index in [0.29, 0.717) is 28.8 Å². The summed E-state index contributed by atoms with van der Waals surface area (Å²) in [5.74, 6) is 0.329. The minimum absolute atomic E-state index is 0.226. The molecule has 94 valence electrons. The van der Waals surface area contributed by atoms with Gasteiger partial charge in [-0.15, -0.1) is 0 Å². The van der Waals surface area contributed by atoms with E-state index in [0.717, 1.165) is 6.42 Å². The van der Waals surface area contributed by atoms with E-state index in [1.54, 1.807) is 23.9 Å². The molecule has 0 saturated heterocycles. The predicted molar refractivity (Wildman–Crippen MR) is 67.7 cm³/mol. The first kappa shape index (κ1) is 12.7. The molecule has 0 unspecified atom stereocenters. The smallest absolute Gasteiger partial charge is 0.230 e. The molecule has 5 nitrogen and oxygen atoms in total. The molecule has 0 aliphatic rings. The lowest BCUT2D eigenvalue weighted by atomic mass is 10.2. The Bertz CT molecular complexity index is 579. The second-order valence-corrected chi connectivity index (χ2v) is 4.29. The Labute approximate surface area is 110 Å². The molecule has 0 saturated carbocycles. The lowest BCUT2D eigenvalue weighted by Gasteiger charge is -2.05. The van der Waals surface area contributed by atoms with E-state index < -0.39 is 0 Å². The molecule has 18 heavy (non-hydrogen) atoms. The number of aryl methyl sites for hydroxylation is 2. The number of halogens is 1. The van der Waals surface area contributed by atoms with Gasteiger partial charge in [0.2, 0.25) is 5.78 Å². The minimum atomic E-state index is -0.226. The Morgan fingerprint density at radius 2 is 2.28 bits per heavy atom. The molecule has 0 bridgehead atoms. The molecule has 0 spiro atoms. The molecule has 0 amide bonds. The van der Waals surface area contributed by atoms with Gasteiger partial charge in [-0.25, -0.2) is 9.97 Å². The minimum Gasteiger partial charge on any atom is -0.285 e. The topological polar surface area (TPSA) is 60.7 Å². The van der Waals surface area contributed by atoms with Crippen LogP contribution in [0.2, 0.25) is 5.02 Å². The van der Waals surface area contributed by atoms with Crippen LogP contribution in [0.1, 0.15) is 35.4 Å². The number of hydrogen-bond donors (Lipinski definition) is 0. The molecule has 0 N–H and O–H groups in total. The largest absolute Gasteiger partial charge is 0.285 e. The second-order valence-electron chi connectivity index (χ2n) is 3.88. The van der Waals surface area contributed by atoms with Crippen LogP contribution >= 0.6 is 11.6 Å². The van der Waals surface area contributed by atoms with E-state index in [4.69, 9.17) is 11.6 Å². The number of nitrogens with zero attached hydrogens (tertiary/aromatic N) is 4. The van der Waals surface area contributed by atoms with E-state index in [1.165, 1.54) is 6.20 Å². The van der Waals surface area contributed by atoms with Gasteiger partial charge in [-0.05, 0) is 19.4 Å². The first-order valence-electron chi connectivity index (χ1n) is 5.69. The van der Waals surface area contributed by atoms with Crippen molar-refractivity contribution < 1.29 is 4.79 Å². The van der Waals surface area contributed by atoms with Gasteiger partial charge in [-0.1, -0.05) is 18.5 Å². The van der Waals surface area contributed by atoms with Crippen molar-refractivity contribution in [2.24, 2.45) is 0 Å². The Morgan fingerprint density at radius 3 is 2.94 bits per heavy atom. The van der Waals surface area contributed by atoms with Crippen molar-refractivity contribution in [2.75, 3.05) is 0 Å². The molecule has 2 aromatic rings. The summed E-state index contributed by atoms with van der Waals surface area (Å²) in [6, 6.07) is 1.58. The average molecular weight is 265 g/mol. The number of hydrogen-bond acceptors (Lipinski definition) is 4. The van der Waals surface area contributed by atoms with Crippen LogP contribution in [0.15, 0.2) is 18.5 Å². The zero-order valence-electron chi connectivity index (χ0n) is 10.2. The van der Waals surface area contributed by atoms with Crippen LogP contribution in [0.4, 0.5) is 0 Å². The molecule has 2 rings (SSSR count). The normalized spacial score (nSPS) is 10.6. The third-order valence-electron chi connectivity index (χ3n) is 2.45. The molecular formula is C12H13ClN4O.